The third-order valence-corrected chi connectivity index (χ3v) is 4.64. The van der Waals surface area contributed by atoms with Crippen LogP contribution in [-0.4, -0.2) is 43.5 Å². The Balaban J connectivity index is 1.96. The van der Waals surface area contributed by atoms with Crippen molar-refractivity contribution in [3.8, 4) is 0 Å². The first kappa shape index (κ1) is 19.4. The number of rotatable bonds is 8. The molecular weight excluding hydrogens is 316 g/mol. The summed E-state index contributed by atoms with van der Waals surface area (Å²) in [6, 6.07) is 7.26. The van der Waals surface area contributed by atoms with Crippen molar-refractivity contribution in [1.29, 1.82) is 0 Å². The molecule has 1 saturated heterocycles. The fraction of sp³-hybridized carbons (Fsp3) is 0.600. The lowest BCUT2D eigenvalue weighted by Gasteiger charge is -2.33. The number of nitrogens with one attached hydrogen (secondary N) is 1. The lowest BCUT2D eigenvalue weighted by Crippen LogP contribution is -2.40. The summed E-state index contributed by atoms with van der Waals surface area (Å²) in [4.78, 5) is 26.5. The summed E-state index contributed by atoms with van der Waals surface area (Å²) in [5, 5.41) is 2.86. The van der Waals surface area contributed by atoms with Gasteiger partial charge in [-0.25, -0.2) is 0 Å². The molecule has 0 aromatic heterocycles. The molecule has 0 spiro atoms. The van der Waals surface area contributed by atoms with Crippen LogP contribution in [0.4, 0.5) is 5.69 Å². The maximum atomic E-state index is 12.8. The first-order chi connectivity index (χ1) is 12.1. The Bertz CT molecular complexity index is 574. The summed E-state index contributed by atoms with van der Waals surface area (Å²) in [5.74, 6) is 0.603. The summed E-state index contributed by atoms with van der Waals surface area (Å²) < 4.78 is 5.12. The third kappa shape index (κ3) is 6.16. The summed E-state index contributed by atoms with van der Waals surface area (Å²) in [6.45, 7) is 4.38. The lowest BCUT2D eigenvalue weighted by molar-refractivity contribution is -0.116. The van der Waals surface area contributed by atoms with Gasteiger partial charge in [0.15, 0.2) is 0 Å². The molecule has 1 heterocycles. The van der Waals surface area contributed by atoms with Crippen LogP contribution in [0.5, 0.6) is 0 Å². The Labute approximate surface area is 150 Å². The van der Waals surface area contributed by atoms with Gasteiger partial charge in [-0.2, -0.15) is 0 Å². The van der Waals surface area contributed by atoms with Gasteiger partial charge in [-0.15, -0.1) is 0 Å². The first-order valence-corrected chi connectivity index (χ1v) is 9.32. The molecule has 1 aromatic carbocycles. The highest BCUT2D eigenvalue weighted by Crippen LogP contribution is 2.23. The maximum absolute atomic E-state index is 12.8. The molecule has 2 amide bonds. The highest BCUT2D eigenvalue weighted by atomic mass is 16.5. The summed E-state index contributed by atoms with van der Waals surface area (Å²) in [7, 11) is 1.73. The molecule has 138 valence electrons. The number of hydrogen-bond donors (Lipinski definition) is 1. The molecule has 1 aliphatic rings. The van der Waals surface area contributed by atoms with E-state index in [9.17, 15) is 9.59 Å². The number of piperidine rings is 1. The number of anilines is 1. The van der Waals surface area contributed by atoms with E-state index in [0.29, 0.717) is 23.6 Å². The van der Waals surface area contributed by atoms with E-state index in [1.54, 1.807) is 13.2 Å². The molecule has 5 heteroatoms. The van der Waals surface area contributed by atoms with Crippen molar-refractivity contribution in [1.82, 2.24) is 4.90 Å². The largest absolute Gasteiger partial charge is 0.385 e. The molecule has 1 atom stereocenters. The molecular formula is C20H30N2O3. The average Bonchev–Trinajstić information content (AvgIpc) is 2.62. The number of hydrogen-bond acceptors (Lipinski definition) is 3. The molecule has 1 fully saturated rings. The standard InChI is InChI=1S/C20H30N2O3/c1-3-7-19(23)21-18-11-4-10-17(14-18)20(24)22-12-5-8-16(15-22)9-6-13-25-2/h4,10-11,14,16H,3,5-9,12-13,15H2,1-2H3,(H,21,23). The molecule has 0 radical (unpaired) electrons. The Morgan fingerprint density at radius 3 is 2.96 bits per heavy atom. The predicted octanol–water partition coefficient (Wildman–Crippen LogP) is 3.70. The van der Waals surface area contributed by atoms with Crippen LogP contribution in [0.25, 0.3) is 0 Å². The van der Waals surface area contributed by atoms with Gasteiger partial charge in [0.1, 0.15) is 0 Å². The Morgan fingerprint density at radius 2 is 2.20 bits per heavy atom. The van der Waals surface area contributed by atoms with E-state index >= 15 is 0 Å². The second kappa shape index (κ2) is 10.2. The Hall–Kier alpha value is -1.88. The molecule has 0 saturated carbocycles. The van der Waals surface area contributed by atoms with Gasteiger partial charge in [-0.3, -0.25) is 9.59 Å². The van der Waals surface area contributed by atoms with Crippen LogP contribution in [0, 0.1) is 5.92 Å². The second-order valence-corrected chi connectivity index (χ2v) is 6.77. The monoisotopic (exact) mass is 346 g/mol. The van der Waals surface area contributed by atoms with Crippen molar-refractivity contribution in [2.75, 3.05) is 32.1 Å². The highest BCUT2D eigenvalue weighted by Gasteiger charge is 2.24. The van der Waals surface area contributed by atoms with Crippen LogP contribution in [0.2, 0.25) is 0 Å². The average molecular weight is 346 g/mol. The molecule has 1 aliphatic heterocycles. The molecule has 0 aliphatic carbocycles. The molecule has 5 nitrogen and oxygen atoms in total. The zero-order chi connectivity index (χ0) is 18.1. The smallest absolute Gasteiger partial charge is 0.253 e. The predicted molar refractivity (Wildman–Crippen MR) is 99.7 cm³/mol. The third-order valence-electron chi connectivity index (χ3n) is 4.64. The number of carbonyl (C=O) groups excluding carboxylic acids is 2. The molecule has 25 heavy (non-hydrogen) atoms. The topological polar surface area (TPSA) is 58.6 Å². The van der Waals surface area contributed by atoms with Crippen LogP contribution in [0.15, 0.2) is 24.3 Å². The quantitative estimate of drug-likeness (QED) is 0.730. The normalized spacial score (nSPS) is 17.4. The van der Waals surface area contributed by atoms with Crippen molar-refractivity contribution in [2.45, 2.75) is 45.4 Å². The number of methoxy groups -OCH3 is 1. The van der Waals surface area contributed by atoms with Crippen LogP contribution < -0.4 is 5.32 Å². The molecule has 1 N–H and O–H groups in total. The first-order valence-electron chi connectivity index (χ1n) is 9.32. The number of amides is 2. The summed E-state index contributed by atoms with van der Waals surface area (Å²) >= 11 is 0. The van der Waals surface area contributed by atoms with Gasteiger partial charge in [-0.1, -0.05) is 13.0 Å². The van der Waals surface area contributed by atoms with Gasteiger partial charge < -0.3 is 15.0 Å². The van der Waals surface area contributed by atoms with Crippen molar-refractivity contribution < 1.29 is 14.3 Å². The van der Waals surface area contributed by atoms with Crippen LogP contribution in [-0.2, 0) is 9.53 Å². The van der Waals surface area contributed by atoms with E-state index in [-0.39, 0.29) is 11.8 Å². The van der Waals surface area contributed by atoms with Gasteiger partial charge in [0, 0.05) is 44.5 Å². The highest BCUT2D eigenvalue weighted by molar-refractivity contribution is 5.97. The second-order valence-electron chi connectivity index (χ2n) is 6.77. The van der Waals surface area contributed by atoms with E-state index in [0.717, 1.165) is 45.4 Å². The van der Waals surface area contributed by atoms with Crippen LogP contribution in [0.1, 0.15) is 55.8 Å². The van der Waals surface area contributed by atoms with E-state index in [1.165, 1.54) is 6.42 Å². The van der Waals surface area contributed by atoms with E-state index in [2.05, 4.69) is 5.32 Å². The minimum atomic E-state index is -0.0109. The fourth-order valence-electron chi connectivity index (χ4n) is 3.36. The fourth-order valence-corrected chi connectivity index (χ4v) is 3.36. The van der Waals surface area contributed by atoms with E-state index in [4.69, 9.17) is 4.74 Å². The number of ether oxygens (including phenoxy) is 1. The van der Waals surface area contributed by atoms with Gasteiger partial charge >= 0.3 is 0 Å². The van der Waals surface area contributed by atoms with Crippen LogP contribution in [0.3, 0.4) is 0 Å². The molecule has 2 rings (SSSR count). The SMILES string of the molecule is CCCC(=O)Nc1cccc(C(=O)N2CCCC(CCCOC)C2)c1. The minimum absolute atomic E-state index is 0.0109. The van der Waals surface area contributed by atoms with E-state index in [1.807, 2.05) is 30.0 Å². The zero-order valence-corrected chi connectivity index (χ0v) is 15.4. The number of carbonyl (C=O) groups is 2. The maximum Gasteiger partial charge on any atom is 0.253 e. The lowest BCUT2D eigenvalue weighted by atomic mass is 9.93. The van der Waals surface area contributed by atoms with E-state index < -0.39 is 0 Å². The van der Waals surface area contributed by atoms with Gasteiger partial charge in [0.2, 0.25) is 5.91 Å². The number of likely N-dealkylation sites (tertiary alicyclic amines) is 1. The summed E-state index contributed by atoms with van der Waals surface area (Å²) in [5.41, 5.74) is 1.34. The molecule has 1 unspecified atom stereocenters. The van der Waals surface area contributed by atoms with Gasteiger partial charge in [0.25, 0.3) is 5.91 Å². The van der Waals surface area contributed by atoms with Gasteiger partial charge in [0.05, 0.1) is 0 Å². The number of nitrogens with zero attached hydrogens (tertiary/aromatic N) is 1. The Morgan fingerprint density at radius 1 is 1.36 bits per heavy atom. The molecule has 1 aromatic rings. The van der Waals surface area contributed by atoms with Crippen LogP contribution >= 0.6 is 0 Å². The van der Waals surface area contributed by atoms with Crippen molar-refractivity contribution >= 4 is 17.5 Å². The summed E-state index contributed by atoms with van der Waals surface area (Å²) in [6.07, 6.45) is 5.68. The Kier molecular flexibility index (Phi) is 7.92. The minimum Gasteiger partial charge on any atom is -0.385 e. The van der Waals surface area contributed by atoms with Crippen molar-refractivity contribution in [2.24, 2.45) is 5.92 Å². The number of benzene rings is 1. The van der Waals surface area contributed by atoms with Gasteiger partial charge in [-0.05, 0) is 56.2 Å². The van der Waals surface area contributed by atoms with Crippen molar-refractivity contribution in [3.63, 3.8) is 0 Å². The van der Waals surface area contributed by atoms with Crippen molar-refractivity contribution in [3.05, 3.63) is 29.8 Å². The molecule has 0 bridgehead atoms. The zero-order valence-electron chi connectivity index (χ0n) is 15.4.